The van der Waals surface area contributed by atoms with Crippen molar-refractivity contribution in [3.8, 4) is 6.07 Å². The van der Waals surface area contributed by atoms with E-state index in [0.29, 0.717) is 16.5 Å². The Labute approximate surface area is 152 Å². The second kappa shape index (κ2) is 7.71. The minimum Gasteiger partial charge on any atom is -0.308 e. The molecule has 5 heteroatoms. The van der Waals surface area contributed by atoms with Crippen molar-refractivity contribution in [2.75, 3.05) is 10.6 Å². The lowest BCUT2D eigenvalue weighted by atomic mass is 9.85. The minimum atomic E-state index is -0.302. The normalized spacial score (nSPS) is 16.0. The molecule has 1 aliphatic carbocycles. The molecular weight excluding hydrogens is 330 g/mol. The van der Waals surface area contributed by atoms with E-state index in [0.717, 1.165) is 36.1 Å². The molecule has 1 unspecified atom stereocenters. The number of thiophene rings is 1. The van der Waals surface area contributed by atoms with Gasteiger partial charge in [-0.3, -0.25) is 5.32 Å². The highest BCUT2D eigenvalue weighted by Gasteiger charge is 2.26. The fourth-order valence-electron chi connectivity index (χ4n) is 3.42. The smallest absolute Gasteiger partial charge is 0.308 e. The van der Waals surface area contributed by atoms with Crippen molar-refractivity contribution < 1.29 is 4.79 Å². The number of carbonyl (C=O) groups excluding carboxylic acids is 1. The zero-order valence-electron chi connectivity index (χ0n) is 14.7. The van der Waals surface area contributed by atoms with Crippen molar-refractivity contribution in [2.45, 2.75) is 46.0 Å². The van der Waals surface area contributed by atoms with Gasteiger partial charge in [-0.15, -0.1) is 11.3 Å². The molecule has 4 nitrogen and oxygen atoms in total. The second-order valence-electron chi connectivity index (χ2n) is 6.66. The minimum absolute atomic E-state index is 0.302. The van der Waals surface area contributed by atoms with E-state index in [2.05, 4.69) is 23.6 Å². The highest BCUT2D eigenvalue weighted by Crippen LogP contribution is 2.40. The van der Waals surface area contributed by atoms with Gasteiger partial charge in [0.2, 0.25) is 0 Å². The molecule has 1 heterocycles. The average molecular weight is 353 g/mol. The largest absolute Gasteiger partial charge is 0.324 e. The molecule has 2 amide bonds. The van der Waals surface area contributed by atoms with E-state index in [-0.39, 0.29) is 6.03 Å². The van der Waals surface area contributed by atoms with Crippen LogP contribution in [0.1, 0.15) is 47.8 Å². The molecular formula is C20H23N3OS. The lowest BCUT2D eigenvalue weighted by molar-refractivity contribution is 0.262. The van der Waals surface area contributed by atoms with Gasteiger partial charge in [-0.2, -0.15) is 5.26 Å². The highest BCUT2D eigenvalue weighted by atomic mass is 32.1. The van der Waals surface area contributed by atoms with E-state index in [1.807, 2.05) is 31.2 Å². The molecule has 1 aromatic carbocycles. The van der Waals surface area contributed by atoms with Crippen LogP contribution >= 0.6 is 11.3 Å². The van der Waals surface area contributed by atoms with Gasteiger partial charge in [-0.1, -0.05) is 37.5 Å². The Morgan fingerprint density at radius 1 is 1.32 bits per heavy atom. The molecule has 0 radical (unpaired) electrons. The predicted molar refractivity (Wildman–Crippen MR) is 103 cm³/mol. The number of fused-ring (bicyclic) bond motifs is 1. The van der Waals surface area contributed by atoms with E-state index in [1.165, 1.54) is 17.7 Å². The number of carbonyl (C=O) groups is 1. The highest BCUT2D eigenvalue weighted by molar-refractivity contribution is 7.16. The van der Waals surface area contributed by atoms with E-state index in [4.69, 9.17) is 0 Å². The molecule has 1 aliphatic rings. The first-order valence-electron chi connectivity index (χ1n) is 8.80. The van der Waals surface area contributed by atoms with Crippen molar-refractivity contribution >= 4 is 28.1 Å². The molecule has 0 bridgehead atoms. The molecule has 2 N–H and O–H groups in total. The standard InChI is InChI=1S/C20H23N3OS/c1-3-4-14-7-10-16-17(12-21)19(25-18(16)11-14)23-20(24)22-15-8-5-13(2)6-9-15/h5-6,8-9,14H,3-4,7,10-11H2,1-2H3,(H2,22,23,24). The third kappa shape index (κ3) is 4.02. The molecule has 0 fully saturated rings. The number of benzene rings is 1. The SMILES string of the molecule is CCCC1CCc2c(sc(NC(=O)Nc3ccc(C)cc3)c2C#N)C1. The van der Waals surface area contributed by atoms with Crippen molar-refractivity contribution in [2.24, 2.45) is 5.92 Å². The third-order valence-corrected chi connectivity index (χ3v) is 5.88. The third-order valence-electron chi connectivity index (χ3n) is 4.71. The number of anilines is 2. The van der Waals surface area contributed by atoms with Crippen molar-refractivity contribution in [1.29, 1.82) is 5.26 Å². The first-order valence-corrected chi connectivity index (χ1v) is 9.61. The molecule has 2 aromatic rings. The quantitative estimate of drug-likeness (QED) is 0.764. The topological polar surface area (TPSA) is 64.9 Å². The van der Waals surface area contributed by atoms with E-state index in [1.54, 1.807) is 11.3 Å². The molecule has 25 heavy (non-hydrogen) atoms. The first kappa shape index (κ1) is 17.5. The van der Waals surface area contributed by atoms with Gasteiger partial charge in [0.15, 0.2) is 0 Å². The summed E-state index contributed by atoms with van der Waals surface area (Å²) < 4.78 is 0. The van der Waals surface area contributed by atoms with Crippen LogP contribution in [0.4, 0.5) is 15.5 Å². The lowest BCUT2D eigenvalue weighted by Gasteiger charge is -2.21. The van der Waals surface area contributed by atoms with Gasteiger partial charge in [0.1, 0.15) is 11.1 Å². The van der Waals surface area contributed by atoms with Crippen LogP contribution in [0.15, 0.2) is 24.3 Å². The van der Waals surface area contributed by atoms with Crippen LogP contribution in [0.5, 0.6) is 0 Å². The number of amides is 2. The molecule has 0 spiro atoms. The number of hydrogen-bond acceptors (Lipinski definition) is 3. The van der Waals surface area contributed by atoms with Crippen LogP contribution in [-0.4, -0.2) is 6.03 Å². The maximum absolute atomic E-state index is 12.3. The monoisotopic (exact) mass is 353 g/mol. The van der Waals surface area contributed by atoms with Gasteiger partial charge in [0.05, 0.1) is 5.56 Å². The zero-order valence-corrected chi connectivity index (χ0v) is 15.5. The number of nitrogens with one attached hydrogen (secondary N) is 2. The second-order valence-corrected chi connectivity index (χ2v) is 7.77. The molecule has 1 atom stereocenters. The van der Waals surface area contributed by atoms with Crippen molar-refractivity contribution in [3.05, 3.63) is 45.8 Å². The van der Waals surface area contributed by atoms with Crippen LogP contribution in [0.25, 0.3) is 0 Å². The molecule has 0 aliphatic heterocycles. The van der Waals surface area contributed by atoms with E-state index in [9.17, 15) is 10.1 Å². The summed E-state index contributed by atoms with van der Waals surface area (Å²) in [5, 5.41) is 15.9. The van der Waals surface area contributed by atoms with Crippen LogP contribution < -0.4 is 10.6 Å². The maximum Gasteiger partial charge on any atom is 0.324 e. The van der Waals surface area contributed by atoms with Crippen LogP contribution in [0.3, 0.4) is 0 Å². The van der Waals surface area contributed by atoms with Gasteiger partial charge >= 0.3 is 6.03 Å². The summed E-state index contributed by atoms with van der Waals surface area (Å²) in [6.45, 7) is 4.22. The molecule has 130 valence electrons. The predicted octanol–water partition coefficient (Wildman–Crippen LogP) is 5.48. The van der Waals surface area contributed by atoms with E-state index >= 15 is 0 Å². The molecule has 0 saturated carbocycles. The van der Waals surface area contributed by atoms with Gasteiger partial charge in [-0.05, 0) is 49.8 Å². The summed E-state index contributed by atoms with van der Waals surface area (Å²) in [6.07, 6.45) is 5.54. The van der Waals surface area contributed by atoms with Crippen molar-refractivity contribution in [1.82, 2.24) is 0 Å². The Morgan fingerprint density at radius 2 is 2.08 bits per heavy atom. The Kier molecular flexibility index (Phi) is 5.40. The summed E-state index contributed by atoms with van der Waals surface area (Å²) in [6, 6.07) is 9.64. The number of rotatable bonds is 4. The molecule has 0 saturated heterocycles. The Bertz CT molecular complexity index is 802. The van der Waals surface area contributed by atoms with Crippen LogP contribution in [-0.2, 0) is 12.8 Å². The van der Waals surface area contributed by atoms with E-state index < -0.39 is 0 Å². The average Bonchev–Trinajstić information content (AvgIpc) is 2.93. The van der Waals surface area contributed by atoms with Crippen molar-refractivity contribution in [3.63, 3.8) is 0 Å². The Morgan fingerprint density at radius 3 is 2.76 bits per heavy atom. The number of nitrogens with zero attached hydrogens (tertiary/aromatic N) is 1. The number of hydrogen-bond donors (Lipinski definition) is 2. The number of nitriles is 1. The van der Waals surface area contributed by atoms with Gasteiger partial charge in [-0.25, -0.2) is 4.79 Å². The summed E-state index contributed by atoms with van der Waals surface area (Å²) in [5.41, 5.74) is 3.68. The summed E-state index contributed by atoms with van der Waals surface area (Å²) in [7, 11) is 0. The lowest BCUT2D eigenvalue weighted by Crippen LogP contribution is -2.19. The number of urea groups is 1. The van der Waals surface area contributed by atoms with Crippen LogP contribution in [0.2, 0.25) is 0 Å². The summed E-state index contributed by atoms with van der Waals surface area (Å²) in [5.74, 6) is 0.705. The maximum atomic E-state index is 12.3. The molecule has 1 aromatic heterocycles. The molecule has 3 rings (SSSR count). The first-order chi connectivity index (χ1) is 12.1. The van der Waals surface area contributed by atoms with Gasteiger partial charge < -0.3 is 5.32 Å². The van der Waals surface area contributed by atoms with Crippen LogP contribution in [0, 0.1) is 24.2 Å². The van der Waals surface area contributed by atoms with Gasteiger partial charge in [0.25, 0.3) is 0 Å². The Hall–Kier alpha value is -2.32. The Balaban J connectivity index is 1.73. The van der Waals surface area contributed by atoms with Gasteiger partial charge in [0, 0.05) is 10.6 Å². The fraction of sp³-hybridized carbons (Fsp3) is 0.400. The number of aryl methyl sites for hydroxylation is 1. The summed E-state index contributed by atoms with van der Waals surface area (Å²) >= 11 is 1.56. The summed E-state index contributed by atoms with van der Waals surface area (Å²) in [4.78, 5) is 13.6. The fourth-order valence-corrected chi connectivity index (χ4v) is 4.72. The zero-order chi connectivity index (χ0) is 17.8.